The van der Waals surface area contributed by atoms with Gasteiger partial charge in [-0.1, -0.05) is 17.4 Å². The molecule has 2 aromatic heterocycles. The van der Waals surface area contributed by atoms with Crippen LogP contribution in [-0.4, -0.2) is 58.2 Å². The molecule has 0 radical (unpaired) electrons. The average molecular weight is 306 g/mol. The maximum Gasteiger partial charge on any atom is 0.324 e. The van der Waals surface area contributed by atoms with Crippen LogP contribution in [0.1, 0.15) is 5.56 Å². The number of nitrogens with zero attached hydrogens (tertiary/aromatic N) is 5. The maximum atomic E-state index is 12.3. The standard InChI is InChI=1S/C13H18N6OS/c1-18(2)6-7-19(9-11-4-3-5-14-8-11)13(20)16-12-17-15-10-21-12/h3-5,8,10H,6-7,9H2,1-2H3,(H,16,17,20). The zero-order valence-electron chi connectivity index (χ0n) is 12.1. The Morgan fingerprint density at radius 2 is 2.24 bits per heavy atom. The molecular weight excluding hydrogens is 288 g/mol. The van der Waals surface area contributed by atoms with Crippen molar-refractivity contribution in [3.63, 3.8) is 0 Å². The molecule has 0 aliphatic carbocycles. The maximum absolute atomic E-state index is 12.3. The Morgan fingerprint density at radius 3 is 2.86 bits per heavy atom. The second-order valence-corrected chi connectivity index (χ2v) is 5.59. The molecule has 0 bridgehead atoms. The van der Waals surface area contributed by atoms with E-state index in [4.69, 9.17) is 0 Å². The predicted octanol–water partition coefficient (Wildman–Crippen LogP) is 1.53. The van der Waals surface area contributed by atoms with Gasteiger partial charge in [0.25, 0.3) is 0 Å². The zero-order chi connectivity index (χ0) is 15.1. The van der Waals surface area contributed by atoms with Crippen molar-refractivity contribution < 1.29 is 4.79 Å². The van der Waals surface area contributed by atoms with Gasteiger partial charge in [-0.05, 0) is 25.7 Å². The van der Waals surface area contributed by atoms with Crippen molar-refractivity contribution in [2.75, 3.05) is 32.5 Å². The van der Waals surface area contributed by atoms with E-state index in [9.17, 15) is 4.79 Å². The molecule has 0 saturated carbocycles. The molecule has 2 amide bonds. The van der Waals surface area contributed by atoms with Crippen molar-refractivity contribution in [1.82, 2.24) is 25.0 Å². The summed E-state index contributed by atoms with van der Waals surface area (Å²) in [6.07, 6.45) is 3.48. The molecule has 0 aliphatic rings. The number of likely N-dealkylation sites (N-methyl/N-ethyl adjacent to an activating group) is 1. The molecule has 0 atom stereocenters. The molecule has 0 unspecified atom stereocenters. The van der Waals surface area contributed by atoms with Crippen molar-refractivity contribution in [1.29, 1.82) is 0 Å². The number of hydrogen-bond donors (Lipinski definition) is 1. The van der Waals surface area contributed by atoms with Crippen LogP contribution in [0.3, 0.4) is 0 Å². The van der Waals surface area contributed by atoms with E-state index in [2.05, 4.69) is 20.5 Å². The summed E-state index contributed by atoms with van der Waals surface area (Å²) < 4.78 is 0. The van der Waals surface area contributed by atoms with Crippen LogP contribution >= 0.6 is 11.3 Å². The lowest BCUT2D eigenvalue weighted by Crippen LogP contribution is -2.39. The van der Waals surface area contributed by atoms with Crippen LogP contribution in [0.5, 0.6) is 0 Å². The van der Waals surface area contributed by atoms with E-state index in [1.54, 1.807) is 22.8 Å². The number of nitrogens with one attached hydrogen (secondary N) is 1. The number of pyridine rings is 1. The quantitative estimate of drug-likeness (QED) is 0.876. The van der Waals surface area contributed by atoms with Crippen LogP contribution in [0.2, 0.25) is 0 Å². The monoisotopic (exact) mass is 306 g/mol. The molecule has 2 heterocycles. The van der Waals surface area contributed by atoms with Gasteiger partial charge in [0.2, 0.25) is 5.13 Å². The van der Waals surface area contributed by atoms with E-state index in [0.29, 0.717) is 18.2 Å². The third-order valence-electron chi connectivity index (χ3n) is 2.77. The van der Waals surface area contributed by atoms with Crippen LogP contribution in [0.15, 0.2) is 30.0 Å². The predicted molar refractivity (Wildman–Crippen MR) is 82.1 cm³/mol. The molecule has 2 rings (SSSR count). The third-order valence-corrected chi connectivity index (χ3v) is 3.38. The molecule has 21 heavy (non-hydrogen) atoms. The fourth-order valence-electron chi connectivity index (χ4n) is 1.68. The number of urea groups is 1. The second kappa shape index (κ2) is 7.65. The molecule has 0 aliphatic heterocycles. The van der Waals surface area contributed by atoms with Crippen LogP contribution in [0.25, 0.3) is 0 Å². The molecule has 7 nitrogen and oxygen atoms in total. The summed E-state index contributed by atoms with van der Waals surface area (Å²) in [6.45, 7) is 1.91. The summed E-state index contributed by atoms with van der Waals surface area (Å²) in [4.78, 5) is 20.2. The number of anilines is 1. The third kappa shape index (κ3) is 5.09. The minimum Gasteiger partial charge on any atom is -0.319 e. The number of carbonyl (C=O) groups excluding carboxylic acids is 1. The van der Waals surface area contributed by atoms with E-state index >= 15 is 0 Å². The van der Waals surface area contributed by atoms with Crippen molar-refractivity contribution >= 4 is 22.5 Å². The highest BCUT2D eigenvalue weighted by molar-refractivity contribution is 7.13. The summed E-state index contributed by atoms with van der Waals surface area (Å²) in [5.41, 5.74) is 2.57. The Balaban J connectivity index is 2.02. The largest absolute Gasteiger partial charge is 0.324 e. The van der Waals surface area contributed by atoms with Crippen LogP contribution < -0.4 is 5.32 Å². The lowest BCUT2D eigenvalue weighted by Gasteiger charge is -2.24. The number of hydrogen-bond acceptors (Lipinski definition) is 6. The first-order valence-corrected chi connectivity index (χ1v) is 7.39. The average Bonchev–Trinajstić information content (AvgIpc) is 2.97. The summed E-state index contributed by atoms with van der Waals surface area (Å²) >= 11 is 1.30. The summed E-state index contributed by atoms with van der Waals surface area (Å²) in [7, 11) is 3.95. The smallest absolute Gasteiger partial charge is 0.319 e. The Morgan fingerprint density at radius 1 is 1.38 bits per heavy atom. The van der Waals surface area contributed by atoms with Gasteiger partial charge in [0.05, 0.1) is 0 Å². The molecule has 0 aromatic carbocycles. The first kappa shape index (κ1) is 15.3. The fourth-order valence-corrected chi connectivity index (χ4v) is 2.12. The lowest BCUT2D eigenvalue weighted by molar-refractivity contribution is 0.202. The summed E-state index contributed by atoms with van der Waals surface area (Å²) in [5, 5.41) is 10.8. The first-order valence-electron chi connectivity index (χ1n) is 6.51. The Labute approximate surface area is 127 Å². The van der Waals surface area contributed by atoms with Crippen molar-refractivity contribution in [2.45, 2.75) is 6.54 Å². The van der Waals surface area contributed by atoms with Gasteiger partial charge in [0, 0.05) is 32.0 Å². The van der Waals surface area contributed by atoms with E-state index in [1.807, 2.05) is 31.1 Å². The lowest BCUT2D eigenvalue weighted by atomic mass is 10.2. The highest BCUT2D eigenvalue weighted by atomic mass is 32.1. The zero-order valence-corrected chi connectivity index (χ0v) is 12.9. The number of aromatic nitrogens is 3. The van der Waals surface area contributed by atoms with Gasteiger partial charge >= 0.3 is 6.03 Å². The van der Waals surface area contributed by atoms with E-state index in [0.717, 1.165) is 12.1 Å². The van der Waals surface area contributed by atoms with E-state index in [1.165, 1.54) is 11.3 Å². The molecule has 2 aromatic rings. The van der Waals surface area contributed by atoms with Gasteiger partial charge in [-0.2, -0.15) is 0 Å². The van der Waals surface area contributed by atoms with Crippen LogP contribution in [0, 0.1) is 0 Å². The molecule has 8 heteroatoms. The number of rotatable bonds is 6. The van der Waals surface area contributed by atoms with Gasteiger partial charge in [0.15, 0.2) is 0 Å². The van der Waals surface area contributed by atoms with Gasteiger partial charge in [-0.15, -0.1) is 10.2 Å². The number of carbonyl (C=O) groups is 1. The van der Waals surface area contributed by atoms with Crippen molar-refractivity contribution in [3.8, 4) is 0 Å². The van der Waals surface area contributed by atoms with Crippen molar-refractivity contribution in [2.24, 2.45) is 0 Å². The van der Waals surface area contributed by atoms with Gasteiger partial charge in [-0.3, -0.25) is 10.3 Å². The Hall–Kier alpha value is -2.06. The minimum atomic E-state index is -0.183. The van der Waals surface area contributed by atoms with E-state index < -0.39 is 0 Å². The second-order valence-electron chi connectivity index (χ2n) is 4.76. The van der Waals surface area contributed by atoms with Gasteiger partial charge < -0.3 is 9.80 Å². The Bertz CT molecular complexity index is 545. The topological polar surface area (TPSA) is 74.2 Å². The normalized spacial score (nSPS) is 10.6. The molecular formula is C13H18N6OS. The minimum absolute atomic E-state index is 0.183. The Kier molecular flexibility index (Phi) is 5.59. The highest BCUT2D eigenvalue weighted by Gasteiger charge is 2.15. The van der Waals surface area contributed by atoms with Crippen molar-refractivity contribution in [3.05, 3.63) is 35.6 Å². The highest BCUT2D eigenvalue weighted by Crippen LogP contribution is 2.11. The molecule has 0 saturated heterocycles. The summed E-state index contributed by atoms with van der Waals surface area (Å²) in [5.74, 6) is 0. The number of amides is 2. The first-order chi connectivity index (χ1) is 10.1. The SMILES string of the molecule is CN(C)CCN(Cc1cccnc1)C(=O)Nc1nncs1. The molecule has 0 fully saturated rings. The summed E-state index contributed by atoms with van der Waals surface area (Å²) in [6, 6.07) is 3.63. The van der Waals surface area contributed by atoms with Gasteiger partial charge in [-0.25, -0.2) is 4.79 Å². The molecule has 0 spiro atoms. The molecule has 112 valence electrons. The van der Waals surface area contributed by atoms with Crippen LogP contribution in [-0.2, 0) is 6.54 Å². The molecule has 1 N–H and O–H groups in total. The fraction of sp³-hybridized carbons (Fsp3) is 0.385. The van der Waals surface area contributed by atoms with E-state index in [-0.39, 0.29) is 6.03 Å². The van der Waals surface area contributed by atoms with Crippen LogP contribution in [0.4, 0.5) is 9.93 Å². The van der Waals surface area contributed by atoms with Gasteiger partial charge in [0.1, 0.15) is 5.51 Å².